The highest BCUT2D eigenvalue weighted by molar-refractivity contribution is 5.96. The van der Waals surface area contributed by atoms with Crippen molar-refractivity contribution in [2.24, 2.45) is 11.3 Å². The van der Waals surface area contributed by atoms with Crippen LogP contribution in [0.3, 0.4) is 0 Å². The Morgan fingerprint density at radius 2 is 1.79 bits per heavy atom. The Morgan fingerprint density at radius 1 is 1.06 bits per heavy atom. The lowest BCUT2D eigenvalue weighted by atomic mass is 9.90. The fourth-order valence-corrected chi connectivity index (χ4v) is 4.44. The maximum atomic E-state index is 13.8. The maximum absolute atomic E-state index is 13.8. The van der Waals surface area contributed by atoms with Crippen molar-refractivity contribution in [1.29, 1.82) is 0 Å². The molecule has 2 amide bonds. The highest BCUT2D eigenvalue weighted by atomic mass is 16.6. The highest BCUT2D eigenvalue weighted by Gasteiger charge is 2.35. The number of ether oxygens (including phenoxy) is 2. The molecule has 2 aromatic carbocycles. The Hall–Kier alpha value is -3.28. The largest absolute Gasteiger partial charge is 0.486 e. The quantitative estimate of drug-likeness (QED) is 0.641. The number of likely N-dealkylation sites (tertiary alicyclic amines) is 1. The molecule has 4 rings (SSSR count). The molecule has 2 aliphatic rings. The van der Waals surface area contributed by atoms with Crippen LogP contribution in [-0.2, 0) is 9.59 Å². The molecule has 0 saturated carbocycles. The molecule has 1 fully saturated rings. The summed E-state index contributed by atoms with van der Waals surface area (Å²) in [7, 11) is 0. The fraction of sp³-hybridized carbons (Fsp3) is 0.429. The first-order chi connectivity index (χ1) is 16.3. The Bertz CT molecular complexity index is 1040. The van der Waals surface area contributed by atoms with E-state index in [1.807, 2.05) is 86.4 Å². The predicted molar refractivity (Wildman–Crippen MR) is 134 cm³/mol. The SMILES string of the molecule is CC(C)(C)C(=O)N1CCCC(C(=O)N(C/C=C/c2ccccc2)c2ccc3c(c2)OCCO3)C1. The molecule has 1 atom stereocenters. The van der Waals surface area contributed by atoms with E-state index in [1.54, 1.807) is 4.90 Å². The summed E-state index contributed by atoms with van der Waals surface area (Å²) in [5, 5.41) is 0. The van der Waals surface area contributed by atoms with Gasteiger partial charge in [-0.1, -0.05) is 63.3 Å². The number of carbonyl (C=O) groups excluding carboxylic acids is 2. The summed E-state index contributed by atoms with van der Waals surface area (Å²) in [4.78, 5) is 30.3. The van der Waals surface area contributed by atoms with E-state index >= 15 is 0 Å². The van der Waals surface area contributed by atoms with E-state index in [0.29, 0.717) is 44.3 Å². The van der Waals surface area contributed by atoms with E-state index in [4.69, 9.17) is 9.47 Å². The third-order valence-corrected chi connectivity index (χ3v) is 6.20. The monoisotopic (exact) mass is 462 g/mol. The van der Waals surface area contributed by atoms with Gasteiger partial charge >= 0.3 is 0 Å². The second kappa shape index (κ2) is 10.3. The summed E-state index contributed by atoms with van der Waals surface area (Å²) in [6.07, 6.45) is 5.63. The van der Waals surface area contributed by atoms with E-state index < -0.39 is 5.41 Å². The fourth-order valence-electron chi connectivity index (χ4n) is 4.44. The highest BCUT2D eigenvalue weighted by Crippen LogP contribution is 2.35. The molecule has 2 heterocycles. The lowest BCUT2D eigenvalue weighted by molar-refractivity contribution is -0.142. The molecular weight excluding hydrogens is 428 g/mol. The van der Waals surface area contributed by atoms with Crippen LogP contribution in [0.1, 0.15) is 39.2 Å². The number of amides is 2. The van der Waals surface area contributed by atoms with E-state index in [0.717, 1.165) is 24.1 Å². The Kier molecular flexibility index (Phi) is 7.25. The van der Waals surface area contributed by atoms with Crippen molar-refractivity contribution in [3.05, 3.63) is 60.2 Å². The average Bonchev–Trinajstić information content (AvgIpc) is 2.85. The molecule has 0 N–H and O–H groups in total. The van der Waals surface area contributed by atoms with Crippen LogP contribution in [0, 0.1) is 11.3 Å². The number of piperidine rings is 1. The van der Waals surface area contributed by atoms with Gasteiger partial charge in [-0.05, 0) is 30.5 Å². The van der Waals surface area contributed by atoms with E-state index in [2.05, 4.69) is 0 Å². The van der Waals surface area contributed by atoms with Crippen molar-refractivity contribution in [1.82, 2.24) is 4.90 Å². The lowest BCUT2D eigenvalue weighted by Gasteiger charge is -2.37. The van der Waals surface area contributed by atoms with Gasteiger partial charge in [-0.3, -0.25) is 9.59 Å². The van der Waals surface area contributed by atoms with Gasteiger partial charge < -0.3 is 19.3 Å². The van der Waals surface area contributed by atoms with Crippen molar-refractivity contribution in [2.75, 3.05) is 37.7 Å². The zero-order chi connectivity index (χ0) is 24.1. The van der Waals surface area contributed by atoms with E-state index in [1.165, 1.54) is 0 Å². The summed E-state index contributed by atoms with van der Waals surface area (Å²) in [6.45, 7) is 8.39. The van der Waals surface area contributed by atoms with Crippen molar-refractivity contribution in [2.45, 2.75) is 33.6 Å². The van der Waals surface area contributed by atoms with Crippen LogP contribution >= 0.6 is 0 Å². The molecule has 0 spiro atoms. The maximum Gasteiger partial charge on any atom is 0.232 e. The lowest BCUT2D eigenvalue weighted by Crippen LogP contribution is -2.49. The second-order valence-electron chi connectivity index (χ2n) is 9.93. The third-order valence-electron chi connectivity index (χ3n) is 6.20. The number of benzene rings is 2. The molecule has 2 aliphatic heterocycles. The van der Waals surface area contributed by atoms with E-state index in [9.17, 15) is 9.59 Å². The number of carbonyl (C=O) groups is 2. The van der Waals surface area contributed by atoms with Crippen LogP contribution in [0.5, 0.6) is 11.5 Å². The van der Waals surface area contributed by atoms with Gasteiger partial charge in [0.2, 0.25) is 11.8 Å². The van der Waals surface area contributed by atoms with Gasteiger partial charge in [0.1, 0.15) is 13.2 Å². The first-order valence-electron chi connectivity index (χ1n) is 12.0. The summed E-state index contributed by atoms with van der Waals surface area (Å²) in [5.41, 5.74) is 1.39. The molecule has 0 radical (unpaired) electrons. The molecule has 2 aromatic rings. The van der Waals surface area contributed by atoms with Gasteiger partial charge in [-0.25, -0.2) is 0 Å². The molecule has 0 bridgehead atoms. The smallest absolute Gasteiger partial charge is 0.232 e. The number of rotatable bonds is 5. The second-order valence-corrected chi connectivity index (χ2v) is 9.93. The van der Waals surface area contributed by atoms with Crippen molar-refractivity contribution >= 4 is 23.6 Å². The number of fused-ring (bicyclic) bond motifs is 1. The van der Waals surface area contributed by atoms with Gasteiger partial charge in [0.25, 0.3) is 0 Å². The number of nitrogens with zero attached hydrogens (tertiary/aromatic N) is 2. The normalized spacial score (nSPS) is 18.1. The van der Waals surface area contributed by atoms with Crippen LogP contribution in [-0.4, -0.2) is 49.6 Å². The Balaban J connectivity index is 1.57. The molecule has 1 unspecified atom stereocenters. The zero-order valence-corrected chi connectivity index (χ0v) is 20.3. The zero-order valence-electron chi connectivity index (χ0n) is 20.3. The summed E-state index contributed by atoms with van der Waals surface area (Å²) >= 11 is 0. The van der Waals surface area contributed by atoms with Crippen LogP contribution in [0.4, 0.5) is 5.69 Å². The molecular formula is C28H34N2O4. The number of anilines is 1. The minimum atomic E-state index is -0.459. The Labute approximate surface area is 202 Å². The predicted octanol–water partition coefficient (Wildman–Crippen LogP) is 4.79. The van der Waals surface area contributed by atoms with Crippen molar-refractivity contribution < 1.29 is 19.1 Å². The molecule has 34 heavy (non-hydrogen) atoms. The van der Waals surface area contributed by atoms with Gasteiger partial charge in [-0.15, -0.1) is 0 Å². The Morgan fingerprint density at radius 3 is 2.53 bits per heavy atom. The first kappa shape index (κ1) is 23.9. The molecule has 0 aromatic heterocycles. The van der Waals surface area contributed by atoms with Crippen LogP contribution in [0.25, 0.3) is 6.08 Å². The van der Waals surface area contributed by atoms with Crippen LogP contribution in [0.2, 0.25) is 0 Å². The number of hydrogen-bond acceptors (Lipinski definition) is 4. The van der Waals surface area contributed by atoms with Gasteiger partial charge in [0.15, 0.2) is 11.5 Å². The number of hydrogen-bond donors (Lipinski definition) is 0. The van der Waals surface area contributed by atoms with Gasteiger partial charge in [-0.2, -0.15) is 0 Å². The third kappa shape index (κ3) is 5.61. The van der Waals surface area contributed by atoms with Crippen LogP contribution < -0.4 is 14.4 Å². The molecule has 1 saturated heterocycles. The summed E-state index contributed by atoms with van der Waals surface area (Å²) in [6, 6.07) is 15.7. The van der Waals surface area contributed by atoms with Gasteiger partial charge in [0.05, 0.1) is 5.92 Å². The standard InChI is InChI=1S/C28H34N2O4/c1-28(2,3)27(32)29-15-8-12-22(20-29)26(31)30(16-7-11-21-9-5-4-6-10-21)23-13-14-24-25(19-23)34-18-17-33-24/h4-7,9-11,13-14,19,22H,8,12,15-18,20H2,1-3H3/b11-7+. The molecule has 0 aliphatic carbocycles. The molecule has 6 nitrogen and oxygen atoms in total. The summed E-state index contributed by atoms with van der Waals surface area (Å²) < 4.78 is 11.4. The minimum Gasteiger partial charge on any atom is -0.486 e. The van der Waals surface area contributed by atoms with Gasteiger partial charge in [0, 0.05) is 36.8 Å². The van der Waals surface area contributed by atoms with Crippen molar-refractivity contribution in [3.63, 3.8) is 0 Å². The minimum absolute atomic E-state index is 0.0285. The average molecular weight is 463 g/mol. The van der Waals surface area contributed by atoms with Crippen molar-refractivity contribution in [3.8, 4) is 11.5 Å². The molecule has 6 heteroatoms. The molecule has 180 valence electrons. The topological polar surface area (TPSA) is 59.1 Å². The van der Waals surface area contributed by atoms with E-state index in [-0.39, 0.29) is 17.7 Å². The first-order valence-corrected chi connectivity index (χ1v) is 12.0. The summed E-state index contributed by atoms with van der Waals surface area (Å²) in [5.74, 6) is 1.24. The van der Waals surface area contributed by atoms with Crippen LogP contribution in [0.15, 0.2) is 54.6 Å².